The summed E-state index contributed by atoms with van der Waals surface area (Å²) in [6.07, 6.45) is 14.8. The summed E-state index contributed by atoms with van der Waals surface area (Å²) in [5, 5.41) is 0.915. The van der Waals surface area contributed by atoms with Crippen LogP contribution in [0.25, 0.3) is 6.08 Å². The fourth-order valence-electron chi connectivity index (χ4n) is 4.98. The van der Waals surface area contributed by atoms with Crippen molar-refractivity contribution in [3.63, 3.8) is 0 Å². The second-order valence-electron chi connectivity index (χ2n) is 9.65. The lowest BCUT2D eigenvalue weighted by Gasteiger charge is -2.31. The first kappa shape index (κ1) is 25.6. The molecule has 2 aliphatic carbocycles. The van der Waals surface area contributed by atoms with E-state index in [4.69, 9.17) is 14.5 Å². The highest BCUT2D eigenvalue weighted by Crippen LogP contribution is 2.41. The van der Waals surface area contributed by atoms with Gasteiger partial charge < -0.3 is 9.47 Å². The van der Waals surface area contributed by atoms with Gasteiger partial charge in [-0.2, -0.15) is 0 Å². The third-order valence-electron chi connectivity index (χ3n) is 7.09. The van der Waals surface area contributed by atoms with Crippen molar-refractivity contribution in [2.45, 2.75) is 103 Å². The largest absolute Gasteiger partial charge is 0.493 e. The number of carbonyl (C=O) groups excluding carboxylic acids is 1. The van der Waals surface area contributed by atoms with E-state index in [1.165, 1.54) is 38.5 Å². The van der Waals surface area contributed by atoms with Gasteiger partial charge in [0.15, 0.2) is 16.7 Å². The molecule has 1 unspecified atom stereocenters. The van der Waals surface area contributed by atoms with Crippen LogP contribution in [0.15, 0.2) is 26.5 Å². The molecule has 1 atom stereocenters. The maximum absolute atomic E-state index is 13.6. The summed E-state index contributed by atoms with van der Waals surface area (Å²) >= 11 is 5.20. The van der Waals surface area contributed by atoms with Crippen LogP contribution in [0.2, 0.25) is 0 Å². The van der Waals surface area contributed by atoms with E-state index < -0.39 is 0 Å². The van der Waals surface area contributed by atoms with Crippen LogP contribution in [-0.2, 0) is 4.79 Å². The van der Waals surface area contributed by atoms with Crippen LogP contribution in [0.1, 0.15) is 90.0 Å². The average molecular weight is 550 g/mol. The molecule has 3 aliphatic rings. The van der Waals surface area contributed by atoms with E-state index in [9.17, 15) is 4.79 Å². The standard InChI is InChI=1S/C27H37BrN2O3S/c1-4-18(2)33-25-22(28)15-19(16-23(25)32-3)17-24-26(31)30(21-13-9-6-10-14-21)27(34-24)29-20-11-7-5-8-12-20/h15-18,20-21H,4-14H2,1-3H3. The molecule has 7 heteroatoms. The Kier molecular flexibility index (Phi) is 9.03. The fourth-order valence-corrected chi connectivity index (χ4v) is 6.64. The van der Waals surface area contributed by atoms with Gasteiger partial charge in [0.2, 0.25) is 0 Å². The number of carbonyl (C=O) groups is 1. The summed E-state index contributed by atoms with van der Waals surface area (Å²) in [6, 6.07) is 4.57. The summed E-state index contributed by atoms with van der Waals surface area (Å²) in [6.45, 7) is 4.14. The SMILES string of the molecule is CCC(C)Oc1c(Br)cc(C=C2SC(=NC3CCCCC3)N(C3CCCCC3)C2=O)cc1OC. The van der Waals surface area contributed by atoms with Crippen LogP contribution in [0, 0.1) is 0 Å². The van der Waals surface area contributed by atoms with Gasteiger partial charge in [-0.15, -0.1) is 0 Å². The highest BCUT2D eigenvalue weighted by atomic mass is 79.9. The highest BCUT2D eigenvalue weighted by molar-refractivity contribution is 9.10. The maximum atomic E-state index is 13.6. The van der Waals surface area contributed by atoms with E-state index >= 15 is 0 Å². The Morgan fingerprint density at radius 1 is 1.15 bits per heavy atom. The molecule has 1 amide bonds. The van der Waals surface area contributed by atoms with E-state index in [1.54, 1.807) is 18.9 Å². The quantitative estimate of drug-likeness (QED) is 0.329. The van der Waals surface area contributed by atoms with Gasteiger partial charge in [-0.05, 0) is 90.5 Å². The molecular formula is C27H37BrN2O3S. The van der Waals surface area contributed by atoms with E-state index in [2.05, 4.69) is 22.9 Å². The van der Waals surface area contributed by atoms with Gasteiger partial charge in [0.1, 0.15) is 0 Å². The number of hydrogen-bond acceptors (Lipinski definition) is 5. The Bertz CT molecular complexity index is 936. The predicted molar refractivity (Wildman–Crippen MR) is 145 cm³/mol. The third-order valence-corrected chi connectivity index (χ3v) is 8.67. The normalized spacial score (nSPS) is 23.6. The molecule has 0 aromatic heterocycles. The number of benzene rings is 1. The molecule has 5 nitrogen and oxygen atoms in total. The number of amidine groups is 1. The lowest BCUT2D eigenvalue weighted by atomic mass is 9.94. The molecule has 1 saturated heterocycles. The lowest BCUT2D eigenvalue weighted by Crippen LogP contribution is -2.41. The minimum atomic E-state index is 0.0870. The minimum Gasteiger partial charge on any atom is -0.493 e. The number of methoxy groups -OCH3 is 1. The molecule has 1 heterocycles. The zero-order chi connectivity index (χ0) is 24.1. The third kappa shape index (κ3) is 6.01. The zero-order valence-electron chi connectivity index (χ0n) is 20.6. The van der Waals surface area contributed by atoms with E-state index in [1.807, 2.05) is 30.0 Å². The van der Waals surface area contributed by atoms with Crippen molar-refractivity contribution < 1.29 is 14.3 Å². The van der Waals surface area contributed by atoms with Crippen molar-refractivity contribution in [1.82, 2.24) is 4.90 Å². The van der Waals surface area contributed by atoms with Crippen LogP contribution in [0.4, 0.5) is 0 Å². The summed E-state index contributed by atoms with van der Waals surface area (Å²) in [5.74, 6) is 1.46. The Morgan fingerprint density at radius 2 is 1.82 bits per heavy atom. The van der Waals surface area contributed by atoms with Crippen molar-refractivity contribution >= 4 is 44.8 Å². The average Bonchev–Trinajstić information content (AvgIpc) is 3.15. The van der Waals surface area contributed by atoms with Crippen molar-refractivity contribution in [2.75, 3.05) is 7.11 Å². The summed E-state index contributed by atoms with van der Waals surface area (Å²) in [5.41, 5.74) is 0.915. The van der Waals surface area contributed by atoms with Crippen LogP contribution in [0.3, 0.4) is 0 Å². The molecule has 0 bridgehead atoms. The molecule has 4 rings (SSSR count). The summed E-state index contributed by atoms with van der Waals surface area (Å²) in [4.78, 5) is 21.5. The van der Waals surface area contributed by atoms with Crippen LogP contribution in [0.5, 0.6) is 11.5 Å². The molecular weight excluding hydrogens is 512 g/mol. The van der Waals surface area contributed by atoms with Gasteiger partial charge in [-0.3, -0.25) is 14.7 Å². The zero-order valence-corrected chi connectivity index (χ0v) is 23.1. The number of aliphatic imine (C=N–C) groups is 1. The Labute approximate surface area is 216 Å². The smallest absolute Gasteiger partial charge is 0.266 e. The summed E-state index contributed by atoms with van der Waals surface area (Å²) in [7, 11) is 1.65. The van der Waals surface area contributed by atoms with Gasteiger partial charge in [0, 0.05) is 6.04 Å². The highest BCUT2D eigenvalue weighted by Gasteiger charge is 2.39. The maximum Gasteiger partial charge on any atom is 0.266 e. The monoisotopic (exact) mass is 548 g/mol. The molecule has 0 radical (unpaired) electrons. The molecule has 1 aliphatic heterocycles. The van der Waals surface area contributed by atoms with Crippen LogP contribution < -0.4 is 9.47 Å². The topological polar surface area (TPSA) is 51.1 Å². The van der Waals surface area contributed by atoms with Crippen molar-refractivity contribution in [3.8, 4) is 11.5 Å². The van der Waals surface area contributed by atoms with Crippen molar-refractivity contribution in [1.29, 1.82) is 0 Å². The minimum absolute atomic E-state index is 0.0870. The molecule has 34 heavy (non-hydrogen) atoms. The van der Waals surface area contributed by atoms with Crippen LogP contribution in [-0.4, -0.2) is 41.3 Å². The number of amides is 1. The molecule has 0 N–H and O–H groups in total. The van der Waals surface area contributed by atoms with Gasteiger partial charge in [0.25, 0.3) is 5.91 Å². The predicted octanol–water partition coefficient (Wildman–Crippen LogP) is 7.57. The lowest BCUT2D eigenvalue weighted by molar-refractivity contribution is -0.124. The van der Waals surface area contributed by atoms with Crippen LogP contribution >= 0.6 is 27.7 Å². The van der Waals surface area contributed by atoms with Crippen molar-refractivity contribution in [3.05, 3.63) is 27.1 Å². The fraction of sp³-hybridized carbons (Fsp3) is 0.630. The number of nitrogens with zero attached hydrogens (tertiary/aromatic N) is 2. The Hall–Kier alpha value is -1.47. The number of hydrogen-bond donors (Lipinski definition) is 0. The first-order chi connectivity index (χ1) is 16.5. The van der Waals surface area contributed by atoms with E-state index in [0.717, 1.165) is 52.2 Å². The second kappa shape index (κ2) is 12.0. The van der Waals surface area contributed by atoms with Gasteiger partial charge >= 0.3 is 0 Å². The van der Waals surface area contributed by atoms with E-state index in [0.29, 0.717) is 17.5 Å². The number of rotatable bonds is 7. The number of ether oxygens (including phenoxy) is 2. The summed E-state index contributed by atoms with van der Waals surface area (Å²) < 4.78 is 12.5. The number of halogens is 1. The molecule has 1 aromatic rings. The second-order valence-corrected chi connectivity index (χ2v) is 11.5. The molecule has 186 valence electrons. The van der Waals surface area contributed by atoms with Gasteiger partial charge in [-0.1, -0.05) is 45.4 Å². The Morgan fingerprint density at radius 3 is 2.47 bits per heavy atom. The first-order valence-corrected chi connectivity index (χ1v) is 14.5. The molecule has 1 aromatic carbocycles. The Balaban J connectivity index is 1.64. The first-order valence-electron chi connectivity index (χ1n) is 12.8. The van der Waals surface area contributed by atoms with Gasteiger partial charge in [-0.25, -0.2) is 0 Å². The number of thioether (sulfide) groups is 1. The molecule has 0 spiro atoms. The van der Waals surface area contributed by atoms with Crippen molar-refractivity contribution in [2.24, 2.45) is 4.99 Å². The molecule has 3 fully saturated rings. The van der Waals surface area contributed by atoms with Gasteiger partial charge in [0.05, 0.1) is 28.6 Å². The van der Waals surface area contributed by atoms with E-state index in [-0.39, 0.29) is 18.1 Å². The molecule has 2 saturated carbocycles.